The lowest BCUT2D eigenvalue weighted by Crippen LogP contribution is -2.08. The Morgan fingerprint density at radius 3 is 2.89 bits per heavy atom. The summed E-state index contributed by atoms with van der Waals surface area (Å²) in [6, 6.07) is 5.74. The highest BCUT2D eigenvalue weighted by molar-refractivity contribution is 9.10. The third-order valence-corrected chi connectivity index (χ3v) is 3.57. The molecule has 2 rings (SSSR count). The zero-order valence-electron chi connectivity index (χ0n) is 10.5. The van der Waals surface area contributed by atoms with Crippen LogP contribution in [0.25, 0.3) is 0 Å². The second-order valence-corrected chi connectivity index (χ2v) is 5.05. The molecule has 4 nitrogen and oxygen atoms in total. The van der Waals surface area contributed by atoms with Crippen LogP contribution >= 0.6 is 15.9 Å². The van der Waals surface area contributed by atoms with Crippen molar-refractivity contribution < 1.29 is 5.11 Å². The van der Waals surface area contributed by atoms with Crippen molar-refractivity contribution in [2.75, 3.05) is 0 Å². The summed E-state index contributed by atoms with van der Waals surface area (Å²) in [6.45, 7) is 2.07. The Hall–Kier alpha value is -1.20. The Morgan fingerprint density at radius 1 is 1.50 bits per heavy atom. The van der Waals surface area contributed by atoms with Gasteiger partial charge >= 0.3 is 0 Å². The van der Waals surface area contributed by atoms with E-state index in [-0.39, 0.29) is 0 Å². The molecule has 0 saturated heterocycles. The lowest BCUT2D eigenvalue weighted by molar-refractivity contribution is 0.170. The second kappa shape index (κ2) is 5.63. The average Bonchev–Trinajstić information content (AvgIpc) is 2.70. The van der Waals surface area contributed by atoms with Crippen LogP contribution in [0.2, 0.25) is 0 Å². The number of nitrogens with zero attached hydrogens (tertiary/aromatic N) is 3. The zero-order valence-corrected chi connectivity index (χ0v) is 12.1. The van der Waals surface area contributed by atoms with Crippen molar-refractivity contribution in [3.05, 3.63) is 46.0 Å². The van der Waals surface area contributed by atoms with E-state index in [1.807, 2.05) is 29.9 Å². The molecule has 2 aromatic rings. The molecule has 0 radical (unpaired) electrons. The first-order valence-electron chi connectivity index (χ1n) is 5.92. The lowest BCUT2D eigenvalue weighted by atomic mass is 10.1. The smallest absolute Gasteiger partial charge is 0.103 e. The Bertz CT molecular complexity index is 539. The molecule has 0 aliphatic rings. The van der Waals surface area contributed by atoms with Gasteiger partial charge in [0.25, 0.3) is 0 Å². The molecule has 5 heteroatoms. The summed E-state index contributed by atoms with van der Waals surface area (Å²) in [4.78, 5) is 4.20. The fourth-order valence-electron chi connectivity index (χ4n) is 1.87. The number of aliphatic hydroxyl groups excluding tert-OH is 1. The number of aryl methyl sites for hydroxylation is 2. The molecule has 0 aliphatic heterocycles. The van der Waals surface area contributed by atoms with Crippen LogP contribution < -0.4 is 0 Å². The SMILES string of the molecule is CCc1cc(CC(O)c2ncccc2Br)n(C)n1. The molecule has 0 spiro atoms. The van der Waals surface area contributed by atoms with Crippen LogP contribution in [-0.4, -0.2) is 19.9 Å². The minimum atomic E-state index is -0.624. The quantitative estimate of drug-likeness (QED) is 0.943. The molecule has 0 aliphatic carbocycles. The third kappa shape index (κ3) is 2.79. The van der Waals surface area contributed by atoms with Crippen molar-refractivity contribution in [3.8, 4) is 0 Å². The zero-order chi connectivity index (χ0) is 13.1. The molecule has 2 heterocycles. The highest BCUT2D eigenvalue weighted by atomic mass is 79.9. The van der Waals surface area contributed by atoms with E-state index in [0.29, 0.717) is 12.1 Å². The van der Waals surface area contributed by atoms with E-state index in [1.165, 1.54) is 0 Å². The van der Waals surface area contributed by atoms with Crippen molar-refractivity contribution in [1.82, 2.24) is 14.8 Å². The minimum absolute atomic E-state index is 0.513. The van der Waals surface area contributed by atoms with Gasteiger partial charge in [-0.05, 0) is 40.5 Å². The molecule has 18 heavy (non-hydrogen) atoms. The molecule has 96 valence electrons. The van der Waals surface area contributed by atoms with Crippen molar-refractivity contribution in [1.29, 1.82) is 0 Å². The van der Waals surface area contributed by atoms with Gasteiger partial charge < -0.3 is 5.11 Å². The molecule has 1 N–H and O–H groups in total. The summed E-state index contributed by atoms with van der Waals surface area (Å²) in [5.74, 6) is 0. The van der Waals surface area contributed by atoms with Gasteiger partial charge in [-0.3, -0.25) is 9.67 Å². The van der Waals surface area contributed by atoms with Crippen LogP contribution in [0.5, 0.6) is 0 Å². The van der Waals surface area contributed by atoms with Crippen molar-refractivity contribution in [2.24, 2.45) is 7.05 Å². The van der Waals surface area contributed by atoms with Crippen LogP contribution in [0, 0.1) is 0 Å². The standard InChI is InChI=1S/C13H16BrN3O/c1-3-9-7-10(17(2)16-9)8-12(18)13-11(14)5-4-6-15-13/h4-7,12,18H,3,8H2,1-2H3. The number of aliphatic hydroxyl groups is 1. The van der Waals surface area contributed by atoms with Crippen LogP contribution in [-0.2, 0) is 19.9 Å². The van der Waals surface area contributed by atoms with Gasteiger partial charge in [0.2, 0.25) is 0 Å². The van der Waals surface area contributed by atoms with Gasteiger partial charge in [0.15, 0.2) is 0 Å². The number of hydrogen-bond acceptors (Lipinski definition) is 3. The Balaban J connectivity index is 2.18. The molecule has 1 atom stereocenters. The predicted octanol–water partition coefficient (Wildman–Crippen LogP) is 2.42. The van der Waals surface area contributed by atoms with Gasteiger partial charge in [0.05, 0.1) is 11.4 Å². The topological polar surface area (TPSA) is 50.9 Å². The summed E-state index contributed by atoms with van der Waals surface area (Å²) in [6.07, 6.45) is 2.47. The Kier molecular flexibility index (Phi) is 4.14. The highest BCUT2D eigenvalue weighted by Crippen LogP contribution is 2.23. The molecule has 0 fully saturated rings. The summed E-state index contributed by atoms with van der Waals surface area (Å²) in [5.41, 5.74) is 2.72. The minimum Gasteiger partial charge on any atom is -0.386 e. The van der Waals surface area contributed by atoms with E-state index in [2.05, 4.69) is 32.9 Å². The van der Waals surface area contributed by atoms with Crippen LogP contribution in [0.4, 0.5) is 0 Å². The van der Waals surface area contributed by atoms with E-state index in [9.17, 15) is 5.11 Å². The third-order valence-electron chi connectivity index (χ3n) is 2.89. The van der Waals surface area contributed by atoms with Crippen molar-refractivity contribution in [3.63, 3.8) is 0 Å². The number of hydrogen-bond donors (Lipinski definition) is 1. The van der Waals surface area contributed by atoms with Gasteiger partial charge in [-0.2, -0.15) is 5.10 Å². The number of pyridine rings is 1. The molecule has 1 unspecified atom stereocenters. The largest absolute Gasteiger partial charge is 0.386 e. The molecular formula is C13H16BrN3O. The first kappa shape index (κ1) is 13.2. The summed E-state index contributed by atoms with van der Waals surface area (Å²) in [5, 5.41) is 14.6. The molecule has 0 aromatic carbocycles. The normalized spacial score (nSPS) is 12.7. The number of aromatic nitrogens is 3. The first-order valence-corrected chi connectivity index (χ1v) is 6.71. The summed E-state index contributed by atoms with van der Waals surface area (Å²) < 4.78 is 2.65. The van der Waals surface area contributed by atoms with Crippen LogP contribution in [0.15, 0.2) is 28.9 Å². The predicted molar refractivity (Wildman–Crippen MR) is 73.2 cm³/mol. The van der Waals surface area contributed by atoms with Crippen LogP contribution in [0.1, 0.15) is 30.1 Å². The van der Waals surface area contributed by atoms with Crippen LogP contribution in [0.3, 0.4) is 0 Å². The monoisotopic (exact) mass is 309 g/mol. The lowest BCUT2D eigenvalue weighted by Gasteiger charge is -2.11. The average molecular weight is 310 g/mol. The van der Waals surface area contributed by atoms with E-state index >= 15 is 0 Å². The summed E-state index contributed by atoms with van der Waals surface area (Å²) >= 11 is 3.40. The van der Waals surface area contributed by atoms with Gasteiger partial charge in [-0.1, -0.05) is 6.92 Å². The summed E-state index contributed by atoms with van der Waals surface area (Å²) in [7, 11) is 1.90. The second-order valence-electron chi connectivity index (χ2n) is 4.19. The van der Waals surface area contributed by atoms with Crippen molar-refractivity contribution >= 4 is 15.9 Å². The molecular weight excluding hydrogens is 294 g/mol. The molecule has 2 aromatic heterocycles. The maximum absolute atomic E-state index is 10.2. The van der Waals surface area contributed by atoms with Gasteiger partial charge in [-0.25, -0.2) is 0 Å². The maximum atomic E-state index is 10.2. The van der Waals surface area contributed by atoms with Gasteiger partial charge in [-0.15, -0.1) is 0 Å². The van der Waals surface area contributed by atoms with Gasteiger partial charge in [0, 0.05) is 29.8 Å². The molecule has 0 saturated carbocycles. The Labute approximate surface area is 115 Å². The van der Waals surface area contributed by atoms with E-state index in [1.54, 1.807) is 6.20 Å². The van der Waals surface area contributed by atoms with E-state index in [4.69, 9.17) is 0 Å². The fourth-order valence-corrected chi connectivity index (χ4v) is 2.39. The maximum Gasteiger partial charge on any atom is 0.103 e. The number of rotatable bonds is 4. The number of halogens is 1. The fraction of sp³-hybridized carbons (Fsp3) is 0.385. The van der Waals surface area contributed by atoms with E-state index in [0.717, 1.165) is 22.3 Å². The van der Waals surface area contributed by atoms with E-state index < -0.39 is 6.10 Å². The van der Waals surface area contributed by atoms with Gasteiger partial charge in [0.1, 0.15) is 6.10 Å². The highest BCUT2D eigenvalue weighted by Gasteiger charge is 2.15. The molecule has 0 amide bonds. The first-order chi connectivity index (χ1) is 8.61. The Morgan fingerprint density at radius 2 is 2.28 bits per heavy atom. The van der Waals surface area contributed by atoms with Crippen molar-refractivity contribution in [2.45, 2.75) is 25.9 Å². The molecule has 0 bridgehead atoms.